The molecule has 4 heterocycles. The molecule has 0 saturated heterocycles. The lowest BCUT2D eigenvalue weighted by atomic mass is 10.0. The van der Waals surface area contributed by atoms with Gasteiger partial charge in [0.25, 0.3) is 0 Å². The first-order valence-electron chi connectivity index (χ1n) is 20.4. The first-order chi connectivity index (χ1) is 30.2. The molecule has 61 heavy (non-hydrogen) atoms. The molecule has 0 saturated carbocycles. The Labute approximate surface area is 358 Å². The summed E-state index contributed by atoms with van der Waals surface area (Å²) in [7, 11) is 0. The molecule has 0 N–H and O–H groups in total. The van der Waals surface area contributed by atoms with Crippen LogP contribution in [0.1, 0.15) is 0 Å². The zero-order valence-electron chi connectivity index (χ0n) is 32.6. The highest BCUT2D eigenvalue weighted by molar-refractivity contribution is 7.26. The normalized spacial score (nSPS) is 11.9. The smallest absolute Gasteiger partial charge is 0.164 e. The highest BCUT2D eigenvalue weighted by atomic mass is 32.1. The van der Waals surface area contributed by atoms with E-state index in [4.69, 9.17) is 15.0 Å². The van der Waals surface area contributed by atoms with E-state index in [-0.39, 0.29) is 0 Å². The number of hydrogen-bond acceptors (Lipinski definition) is 5. The third-order valence-electron chi connectivity index (χ3n) is 12.0. The van der Waals surface area contributed by atoms with Gasteiger partial charge in [-0.2, -0.15) is 0 Å². The van der Waals surface area contributed by atoms with E-state index in [1.165, 1.54) is 89.7 Å². The molecule has 0 unspecified atom stereocenters. The van der Waals surface area contributed by atoms with E-state index in [2.05, 4.69) is 180 Å². The quantitative estimate of drug-likeness (QED) is 0.174. The molecule has 0 aliphatic carbocycles. The molecule has 0 aliphatic rings. The third-order valence-corrected chi connectivity index (χ3v) is 14.3. The molecule has 284 valence electrons. The fraction of sp³-hybridized carbons (Fsp3) is 0. The Morgan fingerprint density at radius 1 is 0.311 bits per heavy atom. The van der Waals surface area contributed by atoms with Crippen molar-refractivity contribution in [1.29, 1.82) is 0 Å². The number of fused-ring (bicyclic) bond motifs is 11. The molecule has 0 amide bonds. The molecule has 0 radical (unpaired) electrons. The zero-order valence-corrected chi connectivity index (χ0v) is 34.2. The SMILES string of the molecule is c1ccc(-c2ccc3c(c2)c2c4ccccc4ccc2n3-c2cccc3sc4cc(-c5nc(-c6ccccc6)nc(-c6ccc7c(c6)sc6ccccc67)n5)ccc4c23)cc1. The lowest BCUT2D eigenvalue weighted by Gasteiger charge is -2.11. The van der Waals surface area contributed by atoms with Gasteiger partial charge in [0.05, 0.1) is 16.7 Å². The second-order valence-corrected chi connectivity index (χ2v) is 17.7. The van der Waals surface area contributed by atoms with Crippen molar-refractivity contribution in [2.45, 2.75) is 0 Å². The van der Waals surface area contributed by atoms with Crippen LogP contribution in [0, 0.1) is 0 Å². The third kappa shape index (κ3) is 5.46. The fourth-order valence-electron chi connectivity index (χ4n) is 9.21. The van der Waals surface area contributed by atoms with Gasteiger partial charge in [-0.1, -0.05) is 146 Å². The maximum absolute atomic E-state index is 5.18. The van der Waals surface area contributed by atoms with Crippen LogP contribution in [0.25, 0.3) is 124 Å². The molecular weight excluding hydrogens is 781 g/mol. The molecule has 0 bridgehead atoms. The number of thiophene rings is 2. The van der Waals surface area contributed by atoms with Crippen LogP contribution in [0.3, 0.4) is 0 Å². The van der Waals surface area contributed by atoms with Crippen LogP contribution >= 0.6 is 22.7 Å². The van der Waals surface area contributed by atoms with Crippen molar-refractivity contribution in [3.05, 3.63) is 194 Å². The average Bonchev–Trinajstić information content (AvgIpc) is 4.01. The van der Waals surface area contributed by atoms with Gasteiger partial charge in [-0.25, -0.2) is 15.0 Å². The molecule has 9 aromatic carbocycles. The minimum absolute atomic E-state index is 0.656. The van der Waals surface area contributed by atoms with E-state index >= 15 is 0 Å². The molecule has 6 heteroatoms. The topological polar surface area (TPSA) is 43.6 Å². The maximum atomic E-state index is 5.18. The molecule has 4 nitrogen and oxygen atoms in total. The Bertz CT molecular complexity index is 3880. The van der Waals surface area contributed by atoms with Crippen molar-refractivity contribution in [2.24, 2.45) is 0 Å². The second-order valence-electron chi connectivity index (χ2n) is 15.6. The first-order valence-corrected chi connectivity index (χ1v) is 22.1. The number of nitrogens with zero attached hydrogens (tertiary/aromatic N) is 4. The number of benzene rings is 9. The average molecular weight is 813 g/mol. The van der Waals surface area contributed by atoms with Crippen LogP contribution in [0.2, 0.25) is 0 Å². The lowest BCUT2D eigenvalue weighted by Crippen LogP contribution is -2.00. The molecule has 0 fully saturated rings. The van der Waals surface area contributed by atoms with Crippen LogP contribution in [0.15, 0.2) is 194 Å². The Kier molecular flexibility index (Phi) is 7.61. The molecule has 4 aromatic heterocycles. The van der Waals surface area contributed by atoms with Crippen LogP contribution in [0.5, 0.6) is 0 Å². The van der Waals surface area contributed by atoms with E-state index in [1.807, 2.05) is 29.5 Å². The number of aromatic nitrogens is 4. The largest absolute Gasteiger partial charge is 0.309 e. The second kappa shape index (κ2) is 13.5. The van der Waals surface area contributed by atoms with Crippen molar-refractivity contribution in [3.8, 4) is 51.0 Å². The van der Waals surface area contributed by atoms with Crippen LogP contribution < -0.4 is 0 Å². The van der Waals surface area contributed by atoms with Crippen molar-refractivity contribution in [3.63, 3.8) is 0 Å². The number of hydrogen-bond donors (Lipinski definition) is 0. The summed E-state index contributed by atoms with van der Waals surface area (Å²) in [6.45, 7) is 0. The highest BCUT2D eigenvalue weighted by Gasteiger charge is 2.20. The van der Waals surface area contributed by atoms with Gasteiger partial charge in [0, 0.05) is 67.8 Å². The molecule has 0 spiro atoms. The molecular formula is C55H32N4S2. The summed E-state index contributed by atoms with van der Waals surface area (Å²) in [5, 5.41) is 10.0. The molecule has 13 rings (SSSR count). The van der Waals surface area contributed by atoms with Gasteiger partial charge in [-0.15, -0.1) is 22.7 Å². The summed E-state index contributed by atoms with van der Waals surface area (Å²) >= 11 is 3.62. The Morgan fingerprint density at radius 2 is 0.885 bits per heavy atom. The molecule has 13 aromatic rings. The van der Waals surface area contributed by atoms with Gasteiger partial charge in [-0.3, -0.25) is 0 Å². The minimum atomic E-state index is 0.656. The monoisotopic (exact) mass is 812 g/mol. The minimum Gasteiger partial charge on any atom is -0.309 e. The summed E-state index contributed by atoms with van der Waals surface area (Å²) in [5.74, 6) is 1.98. The standard InChI is InChI=1S/C55H32N4S2/c1-3-12-33(13-4-1)36-25-28-44-43(30-36)51-39-17-8-7-14-34(39)24-29-46(51)59(44)45-19-11-21-48-52(45)42-27-23-38(32-50(42)61-48)55-57-53(35-15-5-2-6-16-35)56-54(58-55)37-22-26-41-40-18-9-10-20-47(40)60-49(41)31-37/h1-32H. The predicted octanol–water partition coefficient (Wildman–Crippen LogP) is 15.5. The lowest BCUT2D eigenvalue weighted by molar-refractivity contribution is 1.08. The summed E-state index contributed by atoms with van der Waals surface area (Å²) in [6, 6.07) is 69.8. The van der Waals surface area contributed by atoms with E-state index < -0.39 is 0 Å². The predicted molar refractivity (Wildman–Crippen MR) is 259 cm³/mol. The zero-order chi connectivity index (χ0) is 40.0. The van der Waals surface area contributed by atoms with Crippen LogP contribution in [0.4, 0.5) is 0 Å². The van der Waals surface area contributed by atoms with Gasteiger partial charge in [0.2, 0.25) is 0 Å². The first kappa shape index (κ1) is 34.4. The van der Waals surface area contributed by atoms with E-state index in [0.29, 0.717) is 17.5 Å². The van der Waals surface area contributed by atoms with Crippen molar-refractivity contribution in [2.75, 3.05) is 0 Å². The van der Waals surface area contributed by atoms with Gasteiger partial charge in [0.15, 0.2) is 17.5 Å². The summed E-state index contributed by atoms with van der Waals surface area (Å²) in [4.78, 5) is 15.4. The van der Waals surface area contributed by atoms with E-state index in [1.54, 1.807) is 11.3 Å². The molecule has 0 atom stereocenters. The Hall–Kier alpha value is -7.51. The maximum Gasteiger partial charge on any atom is 0.164 e. The highest BCUT2D eigenvalue weighted by Crippen LogP contribution is 2.44. The van der Waals surface area contributed by atoms with Crippen LogP contribution in [-0.4, -0.2) is 19.5 Å². The summed E-state index contributed by atoms with van der Waals surface area (Å²) < 4.78 is 7.40. The van der Waals surface area contributed by atoms with Crippen LogP contribution in [-0.2, 0) is 0 Å². The summed E-state index contributed by atoms with van der Waals surface area (Å²) in [6.07, 6.45) is 0. The van der Waals surface area contributed by atoms with Gasteiger partial charge >= 0.3 is 0 Å². The summed E-state index contributed by atoms with van der Waals surface area (Å²) in [5.41, 5.74) is 8.87. The van der Waals surface area contributed by atoms with Gasteiger partial charge < -0.3 is 4.57 Å². The Morgan fingerprint density at radius 3 is 1.67 bits per heavy atom. The van der Waals surface area contributed by atoms with Crippen molar-refractivity contribution in [1.82, 2.24) is 19.5 Å². The van der Waals surface area contributed by atoms with Crippen molar-refractivity contribution < 1.29 is 0 Å². The van der Waals surface area contributed by atoms with Gasteiger partial charge in [-0.05, 0) is 70.4 Å². The Balaban J connectivity index is 0.995. The number of rotatable bonds is 5. The van der Waals surface area contributed by atoms with E-state index in [0.717, 1.165) is 16.7 Å². The fourth-order valence-corrected chi connectivity index (χ4v) is 11.5. The van der Waals surface area contributed by atoms with Gasteiger partial charge in [0.1, 0.15) is 0 Å². The van der Waals surface area contributed by atoms with Crippen molar-refractivity contribution >= 4 is 95.6 Å². The molecule has 0 aliphatic heterocycles. The van der Waals surface area contributed by atoms with E-state index in [9.17, 15) is 0 Å².